The Morgan fingerprint density at radius 2 is 1.76 bits per heavy atom. The van der Waals surface area contributed by atoms with Gasteiger partial charge in [0.2, 0.25) is 6.41 Å². The molecule has 1 aromatic rings. The topological polar surface area (TPSA) is 20.3 Å². The Labute approximate surface area is 110 Å². The monoisotopic (exact) mass is 255 g/mol. The van der Waals surface area contributed by atoms with E-state index in [-0.39, 0.29) is 0 Å². The lowest BCUT2D eigenvalue weighted by atomic mass is 10.1. The van der Waals surface area contributed by atoms with Crippen LogP contribution in [0.1, 0.15) is 30.9 Å². The molecule has 2 nitrogen and oxygen atoms in total. The van der Waals surface area contributed by atoms with Gasteiger partial charge in [-0.3, -0.25) is 4.79 Å². The number of hydrogen-bond acceptors (Lipinski definition) is 1. The van der Waals surface area contributed by atoms with Gasteiger partial charge in [0.05, 0.1) is 0 Å². The van der Waals surface area contributed by atoms with Gasteiger partial charge in [-0.1, -0.05) is 31.5 Å². The molecular formula is C14H22ClNO. The number of alkyl halides is 1. The molecule has 0 bridgehead atoms. The lowest BCUT2D eigenvalue weighted by Gasteiger charge is -2.21. The molecule has 0 saturated carbocycles. The summed E-state index contributed by atoms with van der Waals surface area (Å²) in [7, 11) is 0. The van der Waals surface area contributed by atoms with Crippen LogP contribution in [0.25, 0.3) is 0 Å². The fourth-order valence-electron chi connectivity index (χ4n) is 1.80. The van der Waals surface area contributed by atoms with Gasteiger partial charge in [0, 0.05) is 18.6 Å². The largest absolute Gasteiger partial charge is 0.314 e. The van der Waals surface area contributed by atoms with Gasteiger partial charge in [-0.05, 0) is 31.4 Å². The molecule has 1 rings (SSSR count). The van der Waals surface area contributed by atoms with Gasteiger partial charge in [0.1, 0.15) is 0 Å². The molecule has 0 atom stereocenters. The zero-order valence-electron chi connectivity index (χ0n) is 11.2. The van der Waals surface area contributed by atoms with Gasteiger partial charge in [-0.25, -0.2) is 0 Å². The summed E-state index contributed by atoms with van der Waals surface area (Å²) in [6, 6.07) is 6.12. The van der Waals surface area contributed by atoms with E-state index in [1.54, 1.807) is 0 Å². The number of hydrogen-bond donors (Lipinski definition) is 0. The van der Waals surface area contributed by atoms with E-state index in [9.17, 15) is 4.79 Å². The lowest BCUT2D eigenvalue weighted by Crippen LogP contribution is -2.23. The Bertz CT molecular complexity index is 319. The number of amides is 1. The first kappa shape index (κ1) is 16.0. The number of rotatable bonds is 5. The molecule has 0 fully saturated rings. The second kappa shape index (κ2) is 9.06. The van der Waals surface area contributed by atoms with Crippen LogP contribution in [0, 0.1) is 13.8 Å². The molecule has 0 aliphatic rings. The molecule has 0 heterocycles. The van der Waals surface area contributed by atoms with Crippen molar-refractivity contribution < 1.29 is 4.79 Å². The predicted molar refractivity (Wildman–Crippen MR) is 76.0 cm³/mol. The summed E-state index contributed by atoms with van der Waals surface area (Å²) in [6.07, 6.45) is 4.56. The number of para-hydroxylation sites is 1. The maximum Gasteiger partial charge on any atom is 0.214 e. The third-order valence-corrected chi connectivity index (χ3v) is 2.61. The van der Waals surface area contributed by atoms with Gasteiger partial charge in [0.25, 0.3) is 0 Å². The highest BCUT2D eigenvalue weighted by atomic mass is 35.5. The van der Waals surface area contributed by atoms with E-state index in [2.05, 4.69) is 18.5 Å². The van der Waals surface area contributed by atoms with Crippen LogP contribution in [0.2, 0.25) is 0 Å². The number of benzene rings is 1. The first-order valence-electron chi connectivity index (χ1n) is 5.86. The fourth-order valence-corrected chi connectivity index (χ4v) is 1.80. The fraction of sp³-hybridized carbons (Fsp3) is 0.500. The molecule has 3 heteroatoms. The Kier molecular flexibility index (Phi) is 8.51. The second-order valence-electron chi connectivity index (χ2n) is 3.89. The van der Waals surface area contributed by atoms with E-state index >= 15 is 0 Å². The minimum Gasteiger partial charge on any atom is -0.314 e. The maximum absolute atomic E-state index is 11.0. The second-order valence-corrected chi connectivity index (χ2v) is 3.89. The third kappa shape index (κ3) is 4.78. The standard InChI is InChI=1S/C13H19NO.CH3Cl/c1-4-5-9-14(10-15)13-11(2)7-6-8-12(13)3;1-2/h6-8,10H,4-5,9H2,1-3H3;1H3. The van der Waals surface area contributed by atoms with Crippen LogP contribution in [0.4, 0.5) is 5.69 Å². The van der Waals surface area contributed by atoms with Gasteiger partial charge >= 0.3 is 0 Å². The molecule has 0 aliphatic heterocycles. The van der Waals surface area contributed by atoms with E-state index in [4.69, 9.17) is 0 Å². The summed E-state index contributed by atoms with van der Waals surface area (Å²) in [6.45, 7) is 7.04. The normalized spacial score (nSPS) is 9.24. The van der Waals surface area contributed by atoms with Crippen LogP contribution in [0.3, 0.4) is 0 Å². The summed E-state index contributed by atoms with van der Waals surface area (Å²) in [5.41, 5.74) is 3.40. The number of anilines is 1. The van der Waals surface area contributed by atoms with Gasteiger partial charge in [-0.2, -0.15) is 0 Å². The lowest BCUT2D eigenvalue weighted by molar-refractivity contribution is -0.107. The number of unbranched alkanes of at least 4 members (excludes halogenated alkanes) is 1. The van der Waals surface area contributed by atoms with Crippen LogP contribution in [-0.4, -0.2) is 19.3 Å². The van der Waals surface area contributed by atoms with Crippen molar-refractivity contribution in [2.45, 2.75) is 33.6 Å². The highest BCUT2D eigenvalue weighted by Crippen LogP contribution is 2.23. The smallest absolute Gasteiger partial charge is 0.214 e. The molecule has 17 heavy (non-hydrogen) atoms. The van der Waals surface area contributed by atoms with Crippen molar-refractivity contribution >= 4 is 23.7 Å². The average Bonchev–Trinajstić information content (AvgIpc) is 2.35. The Morgan fingerprint density at radius 1 is 1.24 bits per heavy atom. The first-order chi connectivity index (χ1) is 8.20. The van der Waals surface area contributed by atoms with Gasteiger partial charge in [0.15, 0.2) is 0 Å². The van der Waals surface area contributed by atoms with Crippen molar-refractivity contribution in [1.82, 2.24) is 0 Å². The number of carbonyl (C=O) groups excluding carboxylic acids is 1. The molecule has 0 saturated heterocycles. The number of nitrogens with zero attached hydrogens (tertiary/aromatic N) is 1. The summed E-state index contributed by atoms with van der Waals surface area (Å²) in [4.78, 5) is 12.9. The zero-order valence-corrected chi connectivity index (χ0v) is 11.9. The van der Waals surface area contributed by atoms with Crippen molar-refractivity contribution in [3.63, 3.8) is 0 Å². The first-order valence-corrected chi connectivity index (χ1v) is 6.62. The maximum atomic E-state index is 11.0. The highest BCUT2D eigenvalue weighted by molar-refractivity contribution is 6.15. The minimum absolute atomic E-state index is 0.811. The molecule has 0 spiro atoms. The average molecular weight is 256 g/mol. The molecule has 0 N–H and O–H groups in total. The van der Waals surface area contributed by atoms with Crippen molar-refractivity contribution in [2.24, 2.45) is 0 Å². The Balaban J connectivity index is 0.00000121. The summed E-state index contributed by atoms with van der Waals surface area (Å²) in [5.74, 6) is 0. The number of aryl methyl sites for hydroxylation is 2. The number of halogens is 1. The van der Waals surface area contributed by atoms with E-state index in [1.807, 2.05) is 36.9 Å². The van der Waals surface area contributed by atoms with Crippen molar-refractivity contribution in [1.29, 1.82) is 0 Å². The van der Waals surface area contributed by atoms with Crippen molar-refractivity contribution in [2.75, 3.05) is 17.8 Å². The van der Waals surface area contributed by atoms with E-state index in [1.165, 1.54) is 17.5 Å². The van der Waals surface area contributed by atoms with Crippen LogP contribution in [0.5, 0.6) is 0 Å². The minimum atomic E-state index is 0.811. The van der Waals surface area contributed by atoms with Crippen LogP contribution in [-0.2, 0) is 4.79 Å². The SMILES string of the molecule is CCCCN(C=O)c1c(C)cccc1C.CCl. The molecule has 96 valence electrons. The van der Waals surface area contributed by atoms with Crippen molar-refractivity contribution in [3.05, 3.63) is 29.3 Å². The number of carbonyl (C=O) groups is 1. The highest BCUT2D eigenvalue weighted by Gasteiger charge is 2.09. The Morgan fingerprint density at radius 3 is 2.18 bits per heavy atom. The van der Waals surface area contributed by atoms with Crippen LogP contribution < -0.4 is 4.90 Å². The summed E-state index contributed by atoms with van der Waals surface area (Å²) >= 11 is 4.64. The van der Waals surface area contributed by atoms with Gasteiger partial charge < -0.3 is 4.90 Å². The van der Waals surface area contributed by atoms with E-state index in [0.717, 1.165) is 31.5 Å². The molecule has 0 radical (unpaired) electrons. The molecule has 1 aromatic carbocycles. The van der Waals surface area contributed by atoms with E-state index in [0.29, 0.717) is 0 Å². The quantitative estimate of drug-likeness (QED) is 0.577. The van der Waals surface area contributed by atoms with Crippen molar-refractivity contribution in [3.8, 4) is 0 Å². The van der Waals surface area contributed by atoms with E-state index < -0.39 is 0 Å². The van der Waals surface area contributed by atoms with Crippen LogP contribution in [0.15, 0.2) is 18.2 Å². The predicted octanol–water partition coefficient (Wildman–Crippen LogP) is 3.92. The third-order valence-electron chi connectivity index (χ3n) is 2.61. The van der Waals surface area contributed by atoms with Crippen LogP contribution >= 0.6 is 11.6 Å². The summed E-state index contributed by atoms with van der Waals surface area (Å²) in [5, 5.41) is 0. The Hall–Kier alpha value is -1.02. The molecule has 0 aromatic heterocycles. The zero-order chi connectivity index (χ0) is 13.3. The molecule has 0 aliphatic carbocycles. The summed E-state index contributed by atoms with van der Waals surface area (Å²) < 4.78 is 0. The molecular weight excluding hydrogens is 234 g/mol. The molecule has 0 unspecified atom stereocenters. The molecule has 1 amide bonds. The van der Waals surface area contributed by atoms with Gasteiger partial charge in [-0.15, -0.1) is 11.6 Å².